The molecule has 1 unspecified atom stereocenters. The third kappa shape index (κ3) is 2.97. The van der Waals surface area contributed by atoms with Crippen molar-refractivity contribution in [3.8, 4) is 5.75 Å². The lowest BCUT2D eigenvalue weighted by Gasteiger charge is -2.27. The number of aryl methyl sites for hydroxylation is 1. The average molecular weight is 307 g/mol. The number of hydrogen-bond acceptors (Lipinski definition) is 4. The highest BCUT2D eigenvalue weighted by atomic mass is 16.5. The minimum Gasteiger partial charge on any atom is -0.497 e. The quantitative estimate of drug-likeness (QED) is 0.726. The molecule has 0 aliphatic heterocycles. The van der Waals surface area contributed by atoms with Crippen LogP contribution < -0.4 is 9.64 Å². The topological polar surface area (TPSA) is 38.2 Å². The van der Waals surface area contributed by atoms with E-state index in [0.29, 0.717) is 0 Å². The van der Waals surface area contributed by atoms with Gasteiger partial charge in [0.05, 0.1) is 18.7 Å². The minimum atomic E-state index is 0.194. The molecule has 1 heterocycles. The Morgan fingerprint density at radius 1 is 1.04 bits per heavy atom. The van der Waals surface area contributed by atoms with Gasteiger partial charge >= 0.3 is 0 Å². The van der Waals surface area contributed by atoms with Gasteiger partial charge in [0, 0.05) is 12.4 Å². The molecular weight excluding hydrogens is 286 g/mol. The summed E-state index contributed by atoms with van der Waals surface area (Å²) in [5.74, 6) is 1.81. The molecule has 3 rings (SSSR count). The summed E-state index contributed by atoms with van der Waals surface area (Å²) in [6, 6.07) is 14.6. The van der Waals surface area contributed by atoms with Crippen molar-refractivity contribution in [3.05, 3.63) is 59.9 Å². The molecule has 4 heteroatoms. The van der Waals surface area contributed by atoms with Crippen LogP contribution in [-0.4, -0.2) is 24.1 Å². The lowest BCUT2D eigenvalue weighted by atomic mass is 10.1. The Kier molecular flexibility index (Phi) is 4.15. The minimum absolute atomic E-state index is 0.194. The molecule has 0 aliphatic rings. The Morgan fingerprint density at radius 2 is 1.78 bits per heavy atom. The first-order valence-electron chi connectivity index (χ1n) is 7.68. The second kappa shape index (κ2) is 6.24. The fourth-order valence-electron chi connectivity index (χ4n) is 2.73. The first-order chi connectivity index (χ1) is 11.1. The predicted molar refractivity (Wildman–Crippen MR) is 94.1 cm³/mol. The summed E-state index contributed by atoms with van der Waals surface area (Å²) in [5, 5.41) is 1.08. The van der Waals surface area contributed by atoms with E-state index in [2.05, 4.69) is 60.0 Å². The van der Waals surface area contributed by atoms with Gasteiger partial charge in [0.15, 0.2) is 0 Å². The van der Waals surface area contributed by atoms with Crippen LogP contribution in [0.15, 0.2) is 48.8 Å². The summed E-state index contributed by atoms with van der Waals surface area (Å²) in [6.07, 6.45) is 1.63. The molecule has 0 aliphatic carbocycles. The van der Waals surface area contributed by atoms with Gasteiger partial charge in [-0.1, -0.05) is 23.8 Å². The molecule has 0 fully saturated rings. The van der Waals surface area contributed by atoms with Crippen LogP contribution in [-0.2, 0) is 0 Å². The Hall–Kier alpha value is -2.62. The number of hydrogen-bond donors (Lipinski definition) is 0. The monoisotopic (exact) mass is 307 g/mol. The van der Waals surface area contributed by atoms with E-state index in [9.17, 15) is 0 Å². The number of nitrogens with zero attached hydrogens (tertiary/aromatic N) is 3. The van der Waals surface area contributed by atoms with Crippen molar-refractivity contribution in [2.45, 2.75) is 19.9 Å². The third-order valence-corrected chi connectivity index (χ3v) is 4.28. The molecule has 23 heavy (non-hydrogen) atoms. The first-order valence-corrected chi connectivity index (χ1v) is 7.68. The Morgan fingerprint density at radius 3 is 2.48 bits per heavy atom. The van der Waals surface area contributed by atoms with Crippen LogP contribution >= 0.6 is 0 Å². The van der Waals surface area contributed by atoms with E-state index in [1.165, 1.54) is 11.1 Å². The van der Waals surface area contributed by atoms with Gasteiger partial charge in [-0.3, -0.25) is 0 Å². The van der Waals surface area contributed by atoms with E-state index >= 15 is 0 Å². The second-order valence-electron chi connectivity index (χ2n) is 5.78. The summed E-state index contributed by atoms with van der Waals surface area (Å²) < 4.78 is 5.23. The zero-order valence-electron chi connectivity index (χ0n) is 13.9. The van der Waals surface area contributed by atoms with Crippen molar-refractivity contribution in [2.75, 3.05) is 19.1 Å². The van der Waals surface area contributed by atoms with E-state index in [1.54, 1.807) is 13.4 Å². The Balaban J connectivity index is 1.98. The molecule has 0 amide bonds. The van der Waals surface area contributed by atoms with E-state index in [0.717, 1.165) is 22.5 Å². The normalized spacial score (nSPS) is 12.2. The fourth-order valence-corrected chi connectivity index (χ4v) is 2.73. The number of methoxy groups -OCH3 is 1. The molecular formula is C19H21N3O. The van der Waals surface area contributed by atoms with Crippen LogP contribution in [0.1, 0.15) is 24.1 Å². The number of anilines is 1. The zero-order valence-corrected chi connectivity index (χ0v) is 13.9. The lowest BCUT2D eigenvalue weighted by Crippen LogP contribution is -2.23. The predicted octanol–water partition coefficient (Wildman–Crippen LogP) is 4.14. The third-order valence-electron chi connectivity index (χ3n) is 4.28. The number of aromatic nitrogens is 2. The fraction of sp³-hybridized carbons (Fsp3) is 0.263. The molecule has 0 saturated heterocycles. The Labute approximate surface area is 136 Å². The van der Waals surface area contributed by atoms with E-state index in [1.807, 2.05) is 18.2 Å². The summed E-state index contributed by atoms with van der Waals surface area (Å²) in [5.41, 5.74) is 3.39. The van der Waals surface area contributed by atoms with Gasteiger partial charge in [0.2, 0.25) is 0 Å². The number of ether oxygens (including phenoxy) is 1. The molecule has 1 atom stereocenters. The smallest absolute Gasteiger partial charge is 0.140 e. The van der Waals surface area contributed by atoms with Crippen LogP contribution in [0.5, 0.6) is 5.75 Å². The number of rotatable bonds is 4. The molecule has 0 radical (unpaired) electrons. The highest BCUT2D eigenvalue weighted by Gasteiger charge is 2.16. The van der Waals surface area contributed by atoms with Crippen molar-refractivity contribution in [1.82, 2.24) is 9.97 Å². The lowest BCUT2D eigenvalue weighted by molar-refractivity contribution is 0.414. The first kappa shape index (κ1) is 15.3. The van der Waals surface area contributed by atoms with Gasteiger partial charge in [-0.05, 0) is 43.7 Å². The summed E-state index contributed by atoms with van der Waals surface area (Å²) >= 11 is 0. The molecule has 0 spiro atoms. The SMILES string of the molecule is COc1ccc(C(C)N(C)c2ncnc3ccc(C)cc23)cc1. The van der Waals surface area contributed by atoms with Gasteiger partial charge < -0.3 is 9.64 Å². The van der Waals surface area contributed by atoms with E-state index in [-0.39, 0.29) is 6.04 Å². The van der Waals surface area contributed by atoms with E-state index in [4.69, 9.17) is 4.74 Å². The number of fused-ring (bicyclic) bond motifs is 1. The molecule has 1 aromatic heterocycles. The summed E-state index contributed by atoms with van der Waals surface area (Å²) in [6.45, 7) is 4.26. The molecule has 3 aromatic rings. The molecule has 118 valence electrons. The van der Waals surface area contributed by atoms with Gasteiger partial charge in [-0.2, -0.15) is 0 Å². The molecule has 0 N–H and O–H groups in total. The van der Waals surface area contributed by atoms with E-state index < -0.39 is 0 Å². The van der Waals surface area contributed by atoms with Gasteiger partial charge in [0.1, 0.15) is 17.9 Å². The van der Waals surface area contributed by atoms with Gasteiger partial charge in [-0.15, -0.1) is 0 Å². The molecule has 0 saturated carbocycles. The van der Waals surface area contributed by atoms with Crippen LogP contribution in [0.4, 0.5) is 5.82 Å². The molecule has 2 aromatic carbocycles. The van der Waals surface area contributed by atoms with Crippen molar-refractivity contribution in [2.24, 2.45) is 0 Å². The highest BCUT2D eigenvalue weighted by Crippen LogP contribution is 2.30. The maximum absolute atomic E-state index is 5.23. The largest absolute Gasteiger partial charge is 0.497 e. The summed E-state index contributed by atoms with van der Waals surface area (Å²) in [7, 11) is 3.75. The average Bonchev–Trinajstić information content (AvgIpc) is 2.60. The highest BCUT2D eigenvalue weighted by molar-refractivity contribution is 5.89. The van der Waals surface area contributed by atoms with Crippen LogP contribution in [0, 0.1) is 6.92 Å². The molecule has 4 nitrogen and oxygen atoms in total. The van der Waals surface area contributed by atoms with Crippen molar-refractivity contribution in [3.63, 3.8) is 0 Å². The maximum Gasteiger partial charge on any atom is 0.140 e. The van der Waals surface area contributed by atoms with Gasteiger partial charge in [-0.25, -0.2) is 9.97 Å². The second-order valence-corrected chi connectivity index (χ2v) is 5.78. The summed E-state index contributed by atoms with van der Waals surface area (Å²) in [4.78, 5) is 11.1. The standard InChI is InChI=1S/C19H21N3O/c1-13-5-10-18-17(11-13)19(21-12-20-18)22(3)14(2)15-6-8-16(23-4)9-7-15/h5-12,14H,1-4H3. The van der Waals surface area contributed by atoms with Crippen molar-refractivity contribution < 1.29 is 4.74 Å². The zero-order chi connectivity index (χ0) is 16.4. The Bertz CT molecular complexity index is 814. The van der Waals surface area contributed by atoms with Gasteiger partial charge in [0.25, 0.3) is 0 Å². The van der Waals surface area contributed by atoms with Crippen LogP contribution in [0.2, 0.25) is 0 Å². The van der Waals surface area contributed by atoms with Crippen molar-refractivity contribution in [1.29, 1.82) is 0 Å². The molecule has 0 bridgehead atoms. The number of benzene rings is 2. The van der Waals surface area contributed by atoms with Crippen LogP contribution in [0.25, 0.3) is 10.9 Å². The van der Waals surface area contributed by atoms with Crippen LogP contribution in [0.3, 0.4) is 0 Å². The maximum atomic E-state index is 5.23. The van der Waals surface area contributed by atoms with Crippen molar-refractivity contribution >= 4 is 16.7 Å².